The molecule has 0 aliphatic rings. The Kier molecular flexibility index (Phi) is 4.52. The van der Waals surface area contributed by atoms with E-state index in [0.717, 1.165) is 16.2 Å². The normalized spacial score (nSPS) is 10.2. The molecule has 0 radical (unpaired) electrons. The number of carbonyl (C=O) groups is 1. The molecule has 0 fully saturated rings. The minimum Gasteiger partial charge on any atom is -0.493 e. The third kappa shape index (κ3) is 4.06. The van der Waals surface area contributed by atoms with Crippen molar-refractivity contribution in [2.75, 3.05) is 11.9 Å². The topological polar surface area (TPSA) is 51.2 Å². The van der Waals surface area contributed by atoms with Gasteiger partial charge in [0.15, 0.2) is 5.13 Å². The zero-order valence-corrected chi connectivity index (χ0v) is 11.8. The number of nitrogens with zero attached hydrogens (tertiary/aromatic N) is 1. The molecular formula is C14H16N2O2S. The second-order valence-electron chi connectivity index (χ2n) is 4.19. The molecular weight excluding hydrogens is 260 g/mol. The van der Waals surface area contributed by atoms with E-state index in [9.17, 15) is 4.79 Å². The number of aromatic nitrogens is 1. The second kappa shape index (κ2) is 6.33. The maximum Gasteiger partial charge on any atom is 0.229 e. The number of anilines is 1. The van der Waals surface area contributed by atoms with Crippen LogP contribution in [0.3, 0.4) is 0 Å². The summed E-state index contributed by atoms with van der Waals surface area (Å²) >= 11 is 1.46. The number of amides is 1. The number of rotatable bonds is 5. The van der Waals surface area contributed by atoms with Crippen LogP contribution in [0.2, 0.25) is 0 Å². The lowest BCUT2D eigenvalue weighted by Crippen LogP contribution is -2.15. The van der Waals surface area contributed by atoms with E-state index in [1.807, 2.05) is 38.1 Å². The summed E-state index contributed by atoms with van der Waals surface area (Å²) in [4.78, 5) is 16.8. The van der Waals surface area contributed by atoms with Gasteiger partial charge in [-0.15, -0.1) is 11.3 Å². The molecule has 0 aliphatic carbocycles. The average molecular weight is 276 g/mol. The molecule has 0 bridgehead atoms. The van der Waals surface area contributed by atoms with Crippen molar-refractivity contribution in [3.05, 3.63) is 40.9 Å². The Morgan fingerprint density at radius 2 is 2.16 bits per heavy atom. The minimum atomic E-state index is -0.0806. The minimum absolute atomic E-state index is 0.0806. The molecule has 1 aromatic carbocycles. The first kappa shape index (κ1) is 13.5. The molecule has 0 saturated carbocycles. The van der Waals surface area contributed by atoms with Gasteiger partial charge in [0, 0.05) is 11.1 Å². The van der Waals surface area contributed by atoms with E-state index < -0.39 is 0 Å². The number of aryl methyl sites for hydroxylation is 2. The summed E-state index contributed by atoms with van der Waals surface area (Å²) in [6.07, 6.45) is 2.05. The quantitative estimate of drug-likeness (QED) is 0.912. The molecule has 2 aromatic rings. The fourth-order valence-corrected chi connectivity index (χ4v) is 2.25. The zero-order valence-electron chi connectivity index (χ0n) is 11.0. The lowest BCUT2D eigenvalue weighted by molar-refractivity contribution is -0.116. The summed E-state index contributed by atoms with van der Waals surface area (Å²) in [5, 5.41) is 3.39. The molecule has 1 aromatic heterocycles. The molecule has 5 heteroatoms. The number of ether oxygens (including phenoxy) is 1. The number of para-hydroxylation sites is 1. The maximum atomic E-state index is 11.7. The summed E-state index contributed by atoms with van der Waals surface area (Å²) in [7, 11) is 0. The van der Waals surface area contributed by atoms with E-state index in [0.29, 0.717) is 18.2 Å². The third-order valence-corrected chi connectivity index (χ3v) is 3.38. The Hall–Kier alpha value is -1.88. The highest BCUT2D eigenvalue weighted by Gasteiger charge is 2.06. The van der Waals surface area contributed by atoms with Crippen LogP contribution >= 0.6 is 11.3 Å². The molecule has 2 rings (SSSR count). The predicted molar refractivity (Wildman–Crippen MR) is 76.8 cm³/mol. The van der Waals surface area contributed by atoms with Crippen LogP contribution in [0.1, 0.15) is 16.9 Å². The lowest BCUT2D eigenvalue weighted by Gasteiger charge is -2.08. The van der Waals surface area contributed by atoms with Crippen LogP contribution in [-0.4, -0.2) is 17.5 Å². The van der Waals surface area contributed by atoms with Crippen molar-refractivity contribution in [3.8, 4) is 5.75 Å². The SMILES string of the molecule is Cc1cnc(NC(=O)CCOc2ccccc2C)s1. The summed E-state index contributed by atoms with van der Waals surface area (Å²) in [5.74, 6) is 0.739. The monoisotopic (exact) mass is 276 g/mol. The Balaban J connectivity index is 1.77. The fraction of sp³-hybridized carbons (Fsp3) is 0.286. The van der Waals surface area contributed by atoms with E-state index in [1.54, 1.807) is 6.20 Å². The van der Waals surface area contributed by atoms with Gasteiger partial charge in [-0.2, -0.15) is 0 Å². The second-order valence-corrected chi connectivity index (χ2v) is 5.42. The highest BCUT2D eigenvalue weighted by Crippen LogP contribution is 2.18. The number of nitrogens with one attached hydrogen (secondary N) is 1. The lowest BCUT2D eigenvalue weighted by atomic mass is 10.2. The van der Waals surface area contributed by atoms with Gasteiger partial charge in [-0.25, -0.2) is 4.98 Å². The molecule has 4 nitrogen and oxygen atoms in total. The number of hydrogen-bond donors (Lipinski definition) is 1. The van der Waals surface area contributed by atoms with Gasteiger partial charge in [0.2, 0.25) is 5.91 Å². The molecule has 0 saturated heterocycles. The third-order valence-electron chi connectivity index (χ3n) is 2.55. The fourth-order valence-electron chi connectivity index (χ4n) is 1.57. The largest absolute Gasteiger partial charge is 0.493 e. The van der Waals surface area contributed by atoms with Gasteiger partial charge in [0.05, 0.1) is 13.0 Å². The van der Waals surface area contributed by atoms with Crippen LogP contribution in [-0.2, 0) is 4.79 Å². The number of benzene rings is 1. The molecule has 0 aliphatic heterocycles. The molecule has 0 unspecified atom stereocenters. The predicted octanol–water partition coefficient (Wildman–Crippen LogP) is 3.17. The molecule has 0 spiro atoms. The molecule has 1 amide bonds. The summed E-state index contributed by atoms with van der Waals surface area (Å²) in [5.41, 5.74) is 1.07. The average Bonchev–Trinajstić information content (AvgIpc) is 2.77. The van der Waals surface area contributed by atoms with Crippen molar-refractivity contribution in [3.63, 3.8) is 0 Å². The van der Waals surface area contributed by atoms with Gasteiger partial charge in [-0.05, 0) is 25.5 Å². The van der Waals surface area contributed by atoms with Crippen LogP contribution in [0, 0.1) is 13.8 Å². The smallest absolute Gasteiger partial charge is 0.229 e. The van der Waals surface area contributed by atoms with Crippen LogP contribution in [0.5, 0.6) is 5.75 Å². The van der Waals surface area contributed by atoms with Crippen molar-refractivity contribution < 1.29 is 9.53 Å². The maximum absolute atomic E-state index is 11.7. The van der Waals surface area contributed by atoms with Gasteiger partial charge < -0.3 is 10.1 Å². The van der Waals surface area contributed by atoms with Gasteiger partial charge in [-0.1, -0.05) is 18.2 Å². The molecule has 1 heterocycles. The number of thiazole rings is 1. The molecule has 19 heavy (non-hydrogen) atoms. The van der Waals surface area contributed by atoms with E-state index in [-0.39, 0.29) is 5.91 Å². The number of carbonyl (C=O) groups excluding carboxylic acids is 1. The Morgan fingerprint density at radius 1 is 1.37 bits per heavy atom. The Morgan fingerprint density at radius 3 is 2.84 bits per heavy atom. The first-order valence-electron chi connectivity index (χ1n) is 6.06. The van der Waals surface area contributed by atoms with E-state index in [1.165, 1.54) is 11.3 Å². The Labute approximate surface area is 116 Å². The highest BCUT2D eigenvalue weighted by molar-refractivity contribution is 7.15. The first-order chi connectivity index (χ1) is 9.15. The van der Waals surface area contributed by atoms with Crippen molar-refractivity contribution in [2.24, 2.45) is 0 Å². The van der Waals surface area contributed by atoms with Gasteiger partial charge in [0.1, 0.15) is 5.75 Å². The Bertz CT molecular complexity index is 566. The van der Waals surface area contributed by atoms with Gasteiger partial charge in [-0.3, -0.25) is 4.79 Å². The van der Waals surface area contributed by atoms with Crippen LogP contribution in [0.15, 0.2) is 30.5 Å². The van der Waals surface area contributed by atoms with E-state index in [2.05, 4.69) is 10.3 Å². The van der Waals surface area contributed by atoms with Gasteiger partial charge >= 0.3 is 0 Å². The zero-order chi connectivity index (χ0) is 13.7. The summed E-state index contributed by atoms with van der Waals surface area (Å²) in [6.45, 7) is 4.30. The van der Waals surface area contributed by atoms with Gasteiger partial charge in [0.25, 0.3) is 0 Å². The van der Waals surface area contributed by atoms with Crippen molar-refractivity contribution in [1.82, 2.24) is 4.98 Å². The molecule has 0 atom stereocenters. The van der Waals surface area contributed by atoms with E-state index in [4.69, 9.17) is 4.74 Å². The highest BCUT2D eigenvalue weighted by atomic mass is 32.1. The van der Waals surface area contributed by atoms with Crippen molar-refractivity contribution in [1.29, 1.82) is 0 Å². The molecule has 1 N–H and O–H groups in total. The number of hydrogen-bond acceptors (Lipinski definition) is 4. The van der Waals surface area contributed by atoms with E-state index >= 15 is 0 Å². The van der Waals surface area contributed by atoms with Crippen LogP contribution < -0.4 is 10.1 Å². The van der Waals surface area contributed by atoms with Crippen LogP contribution in [0.25, 0.3) is 0 Å². The first-order valence-corrected chi connectivity index (χ1v) is 6.87. The van der Waals surface area contributed by atoms with Crippen molar-refractivity contribution >= 4 is 22.4 Å². The standard InChI is InChI=1S/C14H16N2O2S/c1-10-5-3-4-6-12(10)18-8-7-13(17)16-14-15-9-11(2)19-14/h3-6,9H,7-8H2,1-2H3,(H,15,16,17). The van der Waals surface area contributed by atoms with Crippen LogP contribution in [0.4, 0.5) is 5.13 Å². The van der Waals surface area contributed by atoms with Crippen molar-refractivity contribution in [2.45, 2.75) is 20.3 Å². The summed E-state index contributed by atoms with van der Waals surface area (Å²) < 4.78 is 5.57. The molecule has 100 valence electrons. The summed E-state index contributed by atoms with van der Waals surface area (Å²) in [6, 6.07) is 7.76.